The van der Waals surface area contributed by atoms with Gasteiger partial charge >= 0.3 is 5.97 Å². The van der Waals surface area contributed by atoms with Gasteiger partial charge in [0.25, 0.3) is 0 Å². The van der Waals surface area contributed by atoms with Gasteiger partial charge in [0.2, 0.25) is 0 Å². The molecule has 110 valence electrons. The standard InChI is InChI=1S/C15H23N3O2/c1-3-5-13-10-12(15(19)20)11-14(16-13)18-8-6-17(4-2)7-9-18/h10-11H,3-9H2,1-2H3,(H,19,20). The molecule has 1 fully saturated rings. The van der Waals surface area contributed by atoms with Gasteiger partial charge in [-0.3, -0.25) is 0 Å². The summed E-state index contributed by atoms with van der Waals surface area (Å²) in [6.07, 6.45) is 1.79. The van der Waals surface area contributed by atoms with E-state index >= 15 is 0 Å². The maximum absolute atomic E-state index is 11.2. The van der Waals surface area contributed by atoms with Crippen molar-refractivity contribution >= 4 is 11.8 Å². The summed E-state index contributed by atoms with van der Waals surface area (Å²) >= 11 is 0. The van der Waals surface area contributed by atoms with Gasteiger partial charge in [0.15, 0.2) is 0 Å². The number of anilines is 1. The van der Waals surface area contributed by atoms with Crippen molar-refractivity contribution in [1.29, 1.82) is 0 Å². The molecule has 20 heavy (non-hydrogen) atoms. The van der Waals surface area contributed by atoms with Crippen LogP contribution in [0.1, 0.15) is 36.3 Å². The van der Waals surface area contributed by atoms with E-state index in [-0.39, 0.29) is 0 Å². The smallest absolute Gasteiger partial charge is 0.335 e. The lowest BCUT2D eigenvalue weighted by atomic mass is 10.1. The number of pyridine rings is 1. The number of piperazine rings is 1. The molecule has 0 bridgehead atoms. The molecule has 1 N–H and O–H groups in total. The third kappa shape index (κ3) is 3.48. The fraction of sp³-hybridized carbons (Fsp3) is 0.600. The Morgan fingerprint density at radius 1 is 1.25 bits per heavy atom. The number of likely N-dealkylation sites (N-methyl/N-ethyl adjacent to an activating group) is 1. The van der Waals surface area contributed by atoms with Crippen LogP contribution < -0.4 is 4.90 Å². The monoisotopic (exact) mass is 277 g/mol. The molecule has 1 aliphatic heterocycles. The zero-order valence-electron chi connectivity index (χ0n) is 12.3. The Morgan fingerprint density at radius 3 is 2.50 bits per heavy atom. The average Bonchev–Trinajstić information content (AvgIpc) is 2.47. The number of hydrogen-bond donors (Lipinski definition) is 1. The van der Waals surface area contributed by atoms with Crippen LogP contribution in [0, 0.1) is 0 Å². The summed E-state index contributed by atoms with van der Waals surface area (Å²) in [7, 11) is 0. The summed E-state index contributed by atoms with van der Waals surface area (Å²) in [5.74, 6) is -0.0673. The Balaban J connectivity index is 2.20. The number of carbonyl (C=O) groups is 1. The molecule has 0 radical (unpaired) electrons. The summed E-state index contributed by atoms with van der Waals surface area (Å²) in [6, 6.07) is 3.39. The lowest BCUT2D eigenvalue weighted by Gasteiger charge is -2.35. The first-order chi connectivity index (χ1) is 9.63. The Morgan fingerprint density at radius 2 is 1.95 bits per heavy atom. The molecule has 0 atom stereocenters. The Hall–Kier alpha value is -1.62. The quantitative estimate of drug-likeness (QED) is 0.890. The number of nitrogens with zero attached hydrogens (tertiary/aromatic N) is 3. The van der Waals surface area contributed by atoms with Crippen molar-refractivity contribution < 1.29 is 9.90 Å². The molecule has 2 rings (SSSR count). The number of hydrogen-bond acceptors (Lipinski definition) is 4. The fourth-order valence-electron chi connectivity index (χ4n) is 2.53. The third-order valence-corrected chi connectivity index (χ3v) is 3.76. The van der Waals surface area contributed by atoms with Crippen LogP contribution in [0.4, 0.5) is 5.82 Å². The van der Waals surface area contributed by atoms with Crippen molar-refractivity contribution in [3.05, 3.63) is 23.4 Å². The van der Waals surface area contributed by atoms with Crippen molar-refractivity contribution in [1.82, 2.24) is 9.88 Å². The van der Waals surface area contributed by atoms with E-state index in [2.05, 4.69) is 28.6 Å². The van der Waals surface area contributed by atoms with Crippen LogP contribution in [0.2, 0.25) is 0 Å². The van der Waals surface area contributed by atoms with Crippen molar-refractivity contribution in [2.75, 3.05) is 37.6 Å². The molecular weight excluding hydrogens is 254 g/mol. The lowest BCUT2D eigenvalue weighted by molar-refractivity contribution is 0.0696. The molecule has 1 saturated heterocycles. The molecule has 1 aliphatic rings. The Bertz CT molecular complexity index is 468. The molecule has 5 heteroatoms. The number of rotatable bonds is 5. The minimum Gasteiger partial charge on any atom is -0.478 e. The van der Waals surface area contributed by atoms with Gasteiger partial charge < -0.3 is 14.9 Å². The zero-order chi connectivity index (χ0) is 14.5. The zero-order valence-corrected chi connectivity index (χ0v) is 12.3. The molecule has 1 aromatic rings. The second kappa shape index (κ2) is 6.70. The van der Waals surface area contributed by atoms with Gasteiger partial charge in [-0.2, -0.15) is 0 Å². The van der Waals surface area contributed by atoms with E-state index in [4.69, 9.17) is 0 Å². The molecular formula is C15H23N3O2. The van der Waals surface area contributed by atoms with Crippen LogP contribution in [-0.2, 0) is 6.42 Å². The predicted octanol–water partition coefficient (Wildman–Crippen LogP) is 1.87. The number of carboxylic acid groups (broad SMARTS) is 1. The van der Waals surface area contributed by atoms with E-state index in [1.165, 1.54) is 0 Å². The van der Waals surface area contributed by atoms with E-state index in [0.717, 1.165) is 57.1 Å². The molecule has 0 saturated carbocycles. The number of aromatic nitrogens is 1. The second-order valence-electron chi connectivity index (χ2n) is 5.18. The molecule has 0 spiro atoms. The van der Waals surface area contributed by atoms with Gasteiger partial charge in [0.1, 0.15) is 5.82 Å². The van der Waals surface area contributed by atoms with Crippen LogP contribution >= 0.6 is 0 Å². The molecule has 1 aromatic heterocycles. The van der Waals surface area contributed by atoms with Gasteiger partial charge in [0, 0.05) is 31.9 Å². The number of aromatic carboxylic acids is 1. The molecule has 0 aromatic carbocycles. The van der Waals surface area contributed by atoms with Crippen molar-refractivity contribution in [3.63, 3.8) is 0 Å². The highest BCUT2D eigenvalue weighted by atomic mass is 16.4. The van der Waals surface area contributed by atoms with Crippen LogP contribution in [0.5, 0.6) is 0 Å². The first-order valence-corrected chi connectivity index (χ1v) is 7.35. The maximum atomic E-state index is 11.2. The van der Waals surface area contributed by atoms with E-state index in [1.807, 2.05) is 0 Å². The average molecular weight is 277 g/mol. The van der Waals surface area contributed by atoms with Crippen LogP contribution in [0.15, 0.2) is 12.1 Å². The van der Waals surface area contributed by atoms with E-state index < -0.39 is 5.97 Å². The van der Waals surface area contributed by atoms with E-state index in [1.54, 1.807) is 12.1 Å². The predicted molar refractivity (Wildman–Crippen MR) is 79.5 cm³/mol. The van der Waals surface area contributed by atoms with Gasteiger partial charge in [-0.15, -0.1) is 0 Å². The Kier molecular flexibility index (Phi) is 4.95. The summed E-state index contributed by atoms with van der Waals surface area (Å²) in [4.78, 5) is 20.4. The Labute approximate surface area is 120 Å². The van der Waals surface area contributed by atoms with Crippen LogP contribution in [0.25, 0.3) is 0 Å². The summed E-state index contributed by atoms with van der Waals surface area (Å²) < 4.78 is 0. The topological polar surface area (TPSA) is 56.7 Å². The highest BCUT2D eigenvalue weighted by Crippen LogP contribution is 2.18. The number of aryl methyl sites for hydroxylation is 1. The summed E-state index contributed by atoms with van der Waals surface area (Å²) in [5, 5.41) is 9.23. The van der Waals surface area contributed by atoms with Crippen molar-refractivity contribution in [3.8, 4) is 0 Å². The van der Waals surface area contributed by atoms with Crippen molar-refractivity contribution in [2.24, 2.45) is 0 Å². The first kappa shape index (κ1) is 14.8. The molecule has 0 unspecified atom stereocenters. The highest BCUT2D eigenvalue weighted by molar-refractivity contribution is 5.88. The minimum absolute atomic E-state index is 0.344. The summed E-state index contributed by atoms with van der Waals surface area (Å²) in [5.41, 5.74) is 1.22. The largest absolute Gasteiger partial charge is 0.478 e. The molecule has 0 amide bonds. The lowest BCUT2D eigenvalue weighted by Crippen LogP contribution is -2.46. The molecule has 5 nitrogen and oxygen atoms in total. The second-order valence-corrected chi connectivity index (χ2v) is 5.18. The first-order valence-electron chi connectivity index (χ1n) is 7.35. The normalized spacial score (nSPS) is 16.4. The molecule has 0 aliphatic carbocycles. The third-order valence-electron chi connectivity index (χ3n) is 3.76. The van der Waals surface area contributed by atoms with Gasteiger partial charge in [-0.1, -0.05) is 20.3 Å². The van der Waals surface area contributed by atoms with E-state index in [0.29, 0.717) is 5.56 Å². The molecule has 2 heterocycles. The minimum atomic E-state index is -0.877. The maximum Gasteiger partial charge on any atom is 0.335 e. The highest BCUT2D eigenvalue weighted by Gasteiger charge is 2.18. The van der Waals surface area contributed by atoms with E-state index in [9.17, 15) is 9.90 Å². The van der Waals surface area contributed by atoms with Crippen LogP contribution in [-0.4, -0.2) is 53.7 Å². The SMILES string of the molecule is CCCc1cc(C(=O)O)cc(N2CCN(CC)CC2)n1. The fourth-order valence-corrected chi connectivity index (χ4v) is 2.53. The van der Waals surface area contributed by atoms with Gasteiger partial charge in [0.05, 0.1) is 5.56 Å². The van der Waals surface area contributed by atoms with Gasteiger partial charge in [-0.05, 0) is 25.1 Å². The number of carboxylic acids is 1. The van der Waals surface area contributed by atoms with Gasteiger partial charge in [-0.25, -0.2) is 9.78 Å². The van der Waals surface area contributed by atoms with Crippen molar-refractivity contribution in [2.45, 2.75) is 26.7 Å². The van der Waals surface area contributed by atoms with Crippen LogP contribution in [0.3, 0.4) is 0 Å². The summed E-state index contributed by atoms with van der Waals surface area (Å²) in [6.45, 7) is 9.16.